The molecule has 2 amide bonds. The molecular weight excluding hydrogens is 457 g/mol. The number of nitrogens with one attached hydrogen (secondary N) is 1. The molecule has 4 rings (SSSR count). The lowest BCUT2D eigenvalue weighted by Crippen LogP contribution is -2.54. The molecule has 9 heteroatoms. The first-order chi connectivity index (χ1) is 16.2. The van der Waals surface area contributed by atoms with Gasteiger partial charge in [0.15, 0.2) is 5.11 Å². The van der Waals surface area contributed by atoms with Crippen LogP contribution in [0.1, 0.15) is 17.0 Å². The standard InChI is InChI=1S/C25H22FN3O4S/c1-14-11-16(15(2)28(14)18-7-5-17(26)6-8-18)12-20-23(30)27-25(34)29(24(20)31)21-13-19(32-3)9-10-22(21)33-4/h5-13H,1-4H3,(H,27,30,34)/b20-12+. The van der Waals surface area contributed by atoms with Gasteiger partial charge in [0.05, 0.1) is 19.9 Å². The molecular formula is C25H22FN3O4S. The van der Waals surface area contributed by atoms with Crippen LogP contribution in [0.3, 0.4) is 0 Å². The highest BCUT2D eigenvalue weighted by molar-refractivity contribution is 7.80. The van der Waals surface area contributed by atoms with Gasteiger partial charge < -0.3 is 14.0 Å². The summed E-state index contributed by atoms with van der Waals surface area (Å²) in [5.41, 5.74) is 3.35. The quantitative estimate of drug-likeness (QED) is 0.339. The minimum absolute atomic E-state index is 0.0597. The number of aryl methyl sites for hydroxylation is 1. The summed E-state index contributed by atoms with van der Waals surface area (Å²) in [6, 6.07) is 12.9. The number of rotatable bonds is 5. The molecule has 0 unspecified atom stereocenters. The monoisotopic (exact) mass is 479 g/mol. The average Bonchev–Trinajstić information content (AvgIpc) is 3.09. The van der Waals surface area contributed by atoms with Crippen LogP contribution in [0.25, 0.3) is 11.8 Å². The molecule has 0 saturated carbocycles. The highest BCUT2D eigenvalue weighted by atomic mass is 32.1. The highest BCUT2D eigenvalue weighted by Crippen LogP contribution is 2.35. The van der Waals surface area contributed by atoms with Crippen molar-refractivity contribution in [3.05, 3.63) is 76.9 Å². The Bertz CT molecular complexity index is 1340. The number of hydrogen-bond acceptors (Lipinski definition) is 5. The number of methoxy groups -OCH3 is 2. The maximum Gasteiger partial charge on any atom is 0.270 e. The van der Waals surface area contributed by atoms with Gasteiger partial charge in [-0.05, 0) is 80.2 Å². The smallest absolute Gasteiger partial charge is 0.270 e. The predicted molar refractivity (Wildman–Crippen MR) is 131 cm³/mol. The van der Waals surface area contributed by atoms with E-state index in [1.165, 1.54) is 37.3 Å². The Morgan fingerprint density at radius 2 is 1.71 bits per heavy atom. The molecule has 0 spiro atoms. The van der Waals surface area contributed by atoms with Gasteiger partial charge in [-0.3, -0.25) is 14.9 Å². The number of aromatic nitrogens is 1. The van der Waals surface area contributed by atoms with Crippen molar-refractivity contribution in [3.8, 4) is 17.2 Å². The first kappa shape index (κ1) is 23.2. The zero-order valence-electron chi connectivity index (χ0n) is 19.0. The second-order valence-electron chi connectivity index (χ2n) is 7.63. The first-order valence-corrected chi connectivity index (χ1v) is 10.7. The van der Waals surface area contributed by atoms with Crippen LogP contribution < -0.4 is 19.7 Å². The van der Waals surface area contributed by atoms with Gasteiger partial charge in [0, 0.05) is 23.1 Å². The Labute approximate surface area is 201 Å². The summed E-state index contributed by atoms with van der Waals surface area (Å²) in [6.45, 7) is 3.76. The minimum Gasteiger partial charge on any atom is -0.497 e. The lowest BCUT2D eigenvalue weighted by atomic mass is 10.1. The molecule has 2 aromatic carbocycles. The number of anilines is 1. The third-order valence-corrected chi connectivity index (χ3v) is 5.87. The van der Waals surface area contributed by atoms with E-state index in [0.29, 0.717) is 22.7 Å². The Morgan fingerprint density at radius 1 is 1.00 bits per heavy atom. The van der Waals surface area contributed by atoms with Gasteiger partial charge in [0.1, 0.15) is 22.9 Å². The van der Waals surface area contributed by atoms with Crippen LogP contribution >= 0.6 is 12.2 Å². The third kappa shape index (κ3) is 4.06. The summed E-state index contributed by atoms with van der Waals surface area (Å²) >= 11 is 5.31. The van der Waals surface area contributed by atoms with Crippen molar-refractivity contribution in [2.45, 2.75) is 13.8 Å². The van der Waals surface area contributed by atoms with Crippen LogP contribution in [0, 0.1) is 19.7 Å². The molecule has 1 saturated heterocycles. The Balaban J connectivity index is 1.78. The maximum atomic E-state index is 13.5. The van der Waals surface area contributed by atoms with Gasteiger partial charge in [-0.1, -0.05) is 0 Å². The summed E-state index contributed by atoms with van der Waals surface area (Å²) in [7, 11) is 2.98. The number of ether oxygens (including phenoxy) is 2. The second-order valence-corrected chi connectivity index (χ2v) is 8.02. The molecule has 0 atom stereocenters. The molecule has 174 valence electrons. The van der Waals surface area contributed by atoms with Crippen LogP contribution in [0.15, 0.2) is 54.1 Å². The van der Waals surface area contributed by atoms with E-state index in [1.807, 2.05) is 24.5 Å². The van der Waals surface area contributed by atoms with Gasteiger partial charge in [-0.25, -0.2) is 9.29 Å². The molecule has 1 fully saturated rings. The molecule has 1 aliphatic heterocycles. The number of benzene rings is 2. The Morgan fingerprint density at radius 3 is 2.35 bits per heavy atom. The van der Waals surface area contributed by atoms with Crippen molar-refractivity contribution in [1.29, 1.82) is 0 Å². The molecule has 0 bridgehead atoms. The summed E-state index contributed by atoms with van der Waals surface area (Å²) in [6.07, 6.45) is 1.53. The lowest BCUT2D eigenvalue weighted by molar-refractivity contribution is -0.122. The topological polar surface area (TPSA) is 72.8 Å². The first-order valence-electron chi connectivity index (χ1n) is 10.3. The average molecular weight is 480 g/mol. The van der Waals surface area contributed by atoms with E-state index >= 15 is 0 Å². The summed E-state index contributed by atoms with van der Waals surface area (Å²) in [5, 5.41) is 2.52. The van der Waals surface area contributed by atoms with Gasteiger partial charge >= 0.3 is 0 Å². The fourth-order valence-electron chi connectivity index (χ4n) is 3.92. The van der Waals surface area contributed by atoms with E-state index in [2.05, 4.69) is 5.32 Å². The Kier molecular flexibility index (Phi) is 6.21. The summed E-state index contributed by atoms with van der Waals surface area (Å²) in [5.74, 6) is -0.633. The van der Waals surface area contributed by atoms with E-state index in [4.69, 9.17) is 21.7 Å². The van der Waals surface area contributed by atoms with Crippen molar-refractivity contribution in [3.63, 3.8) is 0 Å². The molecule has 2 heterocycles. The molecule has 1 N–H and O–H groups in total. The normalized spacial score (nSPS) is 15.0. The van der Waals surface area contributed by atoms with Gasteiger partial charge in [-0.2, -0.15) is 0 Å². The van der Waals surface area contributed by atoms with Crippen LogP contribution in [-0.4, -0.2) is 35.7 Å². The molecule has 34 heavy (non-hydrogen) atoms. The van der Waals surface area contributed by atoms with Crippen LogP contribution in [-0.2, 0) is 9.59 Å². The van der Waals surface area contributed by atoms with Crippen LogP contribution in [0.4, 0.5) is 10.1 Å². The number of hydrogen-bond donors (Lipinski definition) is 1. The van der Waals surface area contributed by atoms with E-state index in [-0.39, 0.29) is 16.5 Å². The lowest BCUT2D eigenvalue weighted by Gasteiger charge is -2.30. The number of nitrogens with zero attached hydrogens (tertiary/aromatic N) is 2. The zero-order chi connectivity index (χ0) is 24.6. The van der Waals surface area contributed by atoms with E-state index < -0.39 is 11.8 Å². The van der Waals surface area contributed by atoms with Gasteiger partial charge in [0.25, 0.3) is 11.8 Å². The zero-order valence-corrected chi connectivity index (χ0v) is 19.8. The SMILES string of the molecule is COc1ccc(OC)c(N2C(=O)/C(=C/c3cc(C)n(-c4ccc(F)cc4)c3C)C(=O)NC2=S)c1. The van der Waals surface area contributed by atoms with E-state index in [9.17, 15) is 14.0 Å². The number of carbonyl (C=O) groups excluding carboxylic acids is 2. The summed E-state index contributed by atoms with van der Waals surface area (Å²) in [4.78, 5) is 27.5. The fraction of sp³-hybridized carbons (Fsp3) is 0.160. The van der Waals surface area contributed by atoms with E-state index in [0.717, 1.165) is 17.1 Å². The van der Waals surface area contributed by atoms with Crippen molar-refractivity contribution < 1.29 is 23.5 Å². The number of carbonyl (C=O) groups is 2. The van der Waals surface area contributed by atoms with Crippen LogP contribution in [0.2, 0.25) is 0 Å². The minimum atomic E-state index is -0.598. The Hall–Kier alpha value is -3.98. The predicted octanol–water partition coefficient (Wildman–Crippen LogP) is 4.08. The van der Waals surface area contributed by atoms with Gasteiger partial charge in [-0.15, -0.1) is 0 Å². The van der Waals surface area contributed by atoms with Crippen molar-refractivity contribution in [2.75, 3.05) is 19.1 Å². The van der Waals surface area contributed by atoms with Gasteiger partial charge in [0.2, 0.25) is 0 Å². The maximum absolute atomic E-state index is 13.5. The molecule has 1 aliphatic rings. The van der Waals surface area contributed by atoms with E-state index in [1.54, 1.807) is 30.3 Å². The molecule has 3 aromatic rings. The third-order valence-electron chi connectivity index (χ3n) is 5.58. The summed E-state index contributed by atoms with van der Waals surface area (Å²) < 4.78 is 26.0. The van der Waals surface area contributed by atoms with Crippen molar-refractivity contribution >= 4 is 40.9 Å². The molecule has 1 aromatic heterocycles. The largest absolute Gasteiger partial charge is 0.497 e. The molecule has 0 aliphatic carbocycles. The van der Waals surface area contributed by atoms with Crippen molar-refractivity contribution in [1.82, 2.24) is 9.88 Å². The van der Waals surface area contributed by atoms with Crippen molar-refractivity contribution in [2.24, 2.45) is 0 Å². The second kappa shape index (κ2) is 9.11. The number of thiocarbonyl (C=S) groups is 1. The number of amides is 2. The highest BCUT2D eigenvalue weighted by Gasteiger charge is 2.36. The molecule has 7 nitrogen and oxygen atoms in total. The van der Waals surface area contributed by atoms with Crippen LogP contribution in [0.5, 0.6) is 11.5 Å². The number of halogens is 1. The molecule has 0 radical (unpaired) electrons. The fourth-order valence-corrected chi connectivity index (χ4v) is 4.20.